The van der Waals surface area contributed by atoms with Gasteiger partial charge in [-0.3, -0.25) is 0 Å². The van der Waals surface area contributed by atoms with Crippen molar-refractivity contribution < 1.29 is 17.9 Å². The van der Waals surface area contributed by atoms with Crippen LogP contribution in [0.5, 0.6) is 0 Å². The number of rotatable bonds is 1. The first-order valence-electron chi connectivity index (χ1n) is 5.04. The third-order valence-electron chi connectivity index (χ3n) is 2.58. The zero-order valence-corrected chi connectivity index (χ0v) is 8.50. The average molecular weight is 231 g/mol. The molecular formula is C11H12F3NO. The molecule has 16 heavy (non-hydrogen) atoms. The van der Waals surface area contributed by atoms with Crippen molar-refractivity contribution in [3.05, 3.63) is 35.9 Å². The minimum atomic E-state index is -4.28. The number of alkyl halides is 3. The molecule has 0 aromatic heterocycles. The summed E-state index contributed by atoms with van der Waals surface area (Å²) < 4.78 is 41.7. The summed E-state index contributed by atoms with van der Waals surface area (Å²) in [6, 6.07) is 9.16. The molecule has 0 bridgehead atoms. The Morgan fingerprint density at radius 1 is 1.19 bits per heavy atom. The highest BCUT2D eigenvalue weighted by Gasteiger charge is 2.43. The first-order valence-corrected chi connectivity index (χ1v) is 5.04. The Bertz CT molecular complexity index is 331. The van der Waals surface area contributed by atoms with Gasteiger partial charge in [0.25, 0.3) is 0 Å². The molecule has 1 fully saturated rings. The SMILES string of the molecule is FC(F)(F)C1CNC(c2ccccc2)CO1. The van der Waals surface area contributed by atoms with Crippen molar-refractivity contribution in [1.82, 2.24) is 5.32 Å². The number of benzene rings is 1. The molecule has 0 radical (unpaired) electrons. The van der Waals surface area contributed by atoms with Crippen LogP contribution in [-0.2, 0) is 4.74 Å². The standard InChI is InChI=1S/C11H12F3NO/c12-11(13,14)10-6-15-9(7-16-10)8-4-2-1-3-5-8/h1-5,9-10,15H,6-7H2. The van der Waals surface area contributed by atoms with Gasteiger partial charge < -0.3 is 10.1 Å². The van der Waals surface area contributed by atoms with Crippen molar-refractivity contribution in [2.45, 2.75) is 18.3 Å². The van der Waals surface area contributed by atoms with Gasteiger partial charge in [-0.25, -0.2) is 0 Å². The molecule has 88 valence electrons. The number of hydrogen-bond donors (Lipinski definition) is 1. The van der Waals surface area contributed by atoms with E-state index in [0.29, 0.717) is 0 Å². The van der Waals surface area contributed by atoms with Crippen molar-refractivity contribution in [2.75, 3.05) is 13.2 Å². The van der Waals surface area contributed by atoms with Gasteiger partial charge in [0.1, 0.15) is 0 Å². The van der Waals surface area contributed by atoms with Crippen LogP contribution in [0.3, 0.4) is 0 Å². The van der Waals surface area contributed by atoms with E-state index in [-0.39, 0.29) is 19.2 Å². The second-order valence-corrected chi connectivity index (χ2v) is 3.74. The Morgan fingerprint density at radius 3 is 2.38 bits per heavy atom. The van der Waals surface area contributed by atoms with E-state index in [0.717, 1.165) is 5.56 Å². The molecule has 0 amide bonds. The van der Waals surface area contributed by atoms with Crippen LogP contribution < -0.4 is 5.32 Å². The lowest BCUT2D eigenvalue weighted by Gasteiger charge is -2.31. The van der Waals surface area contributed by atoms with Crippen LogP contribution in [0.1, 0.15) is 11.6 Å². The lowest BCUT2D eigenvalue weighted by atomic mass is 10.1. The van der Waals surface area contributed by atoms with Crippen molar-refractivity contribution >= 4 is 0 Å². The third kappa shape index (κ3) is 2.54. The number of halogens is 3. The Labute approximate surface area is 91.4 Å². The molecule has 1 aromatic carbocycles. The maximum Gasteiger partial charge on any atom is 0.415 e. The van der Waals surface area contributed by atoms with Gasteiger partial charge in [-0.05, 0) is 5.56 Å². The van der Waals surface area contributed by atoms with E-state index in [1.54, 1.807) is 0 Å². The van der Waals surface area contributed by atoms with Crippen LogP contribution in [0.15, 0.2) is 30.3 Å². The molecule has 2 nitrogen and oxygen atoms in total. The van der Waals surface area contributed by atoms with Crippen LogP contribution >= 0.6 is 0 Å². The van der Waals surface area contributed by atoms with E-state index in [9.17, 15) is 13.2 Å². The highest BCUT2D eigenvalue weighted by Crippen LogP contribution is 2.27. The Hall–Kier alpha value is -1.07. The minimum Gasteiger partial charge on any atom is -0.365 e. The van der Waals surface area contributed by atoms with Gasteiger partial charge in [0.15, 0.2) is 6.10 Å². The molecule has 2 atom stereocenters. The average Bonchev–Trinajstić information content (AvgIpc) is 2.29. The number of hydrogen-bond acceptors (Lipinski definition) is 2. The molecule has 0 aliphatic carbocycles. The molecule has 1 heterocycles. The predicted octanol–water partition coefficient (Wildman–Crippen LogP) is 2.28. The summed E-state index contributed by atoms with van der Waals surface area (Å²) in [6.07, 6.45) is -5.97. The molecular weight excluding hydrogens is 219 g/mol. The van der Waals surface area contributed by atoms with Gasteiger partial charge >= 0.3 is 6.18 Å². The quantitative estimate of drug-likeness (QED) is 0.800. The lowest BCUT2D eigenvalue weighted by molar-refractivity contribution is -0.229. The molecule has 1 aliphatic heterocycles. The Morgan fingerprint density at radius 2 is 1.88 bits per heavy atom. The van der Waals surface area contributed by atoms with E-state index in [1.165, 1.54) is 0 Å². The molecule has 5 heteroatoms. The van der Waals surface area contributed by atoms with Crippen LogP contribution in [0.25, 0.3) is 0 Å². The number of ether oxygens (including phenoxy) is 1. The lowest BCUT2D eigenvalue weighted by Crippen LogP contribution is -2.48. The maximum absolute atomic E-state index is 12.3. The fourth-order valence-corrected chi connectivity index (χ4v) is 1.69. The van der Waals surface area contributed by atoms with E-state index in [4.69, 9.17) is 4.74 Å². The number of nitrogens with one attached hydrogen (secondary N) is 1. The molecule has 2 rings (SSSR count). The van der Waals surface area contributed by atoms with Gasteiger partial charge in [-0.15, -0.1) is 0 Å². The molecule has 1 aromatic rings. The third-order valence-corrected chi connectivity index (χ3v) is 2.58. The van der Waals surface area contributed by atoms with Crippen molar-refractivity contribution in [2.24, 2.45) is 0 Å². The van der Waals surface area contributed by atoms with Crippen molar-refractivity contribution in [3.63, 3.8) is 0 Å². The van der Waals surface area contributed by atoms with Gasteiger partial charge in [0.05, 0.1) is 12.6 Å². The first-order chi connectivity index (χ1) is 7.57. The topological polar surface area (TPSA) is 21.3 Å². The van der Waals surface area contributed by atoms with Crippen LogP contribution in [0.2, 0.25) is 0 Å². The van der Waals surface area contributed by atoms with Gasteiger partial charge in [0.2, 0.25) is 0 Å². The highest BCUT2D eigenvalue weighted by atomic mass is 19.4. The normalized spacial score (nSPS) is 26.7. The monoisotopic (exact) mass is 231 g/mol. The van der Waals surface area contributed by atoms with E-state index >= 15 is 0 Å². The van der Waals surface area contributed by atoms with E-state index in [1.807, 2.05) is 30.3 Å². The molecule has 1 aliphatic rings. The minimum absolute atomic E-state index is 0.0498. The van der Waals surface area contributed by atoms with Gasteiger partial charge in [0, 0.05) is 6.54 Å². The van der Waals surface area contributed by atoms with Crippen molar-refractivity contribution in [3.8, 4) is 0 Å². The van der Waals surface area contributed by atoms with Crippen LogP contribution in [-0.4, -0.2) is 25.4 Å². The fraction of sp³-hybridized carbons (Fsp3) is 0.455. The fourth-order valence-electron chi connectivity index (χ4n) is 1.69. The summed E-state index contributed by atoms with van der Waals surface area (Å²) in [5.41, 5.74) is 0.947. The molecule has 0 spiro atoms. The van der Waals surface area contributed by atoms with E-state index in [2.05, 4.69) is 5.32 Å². The molecule has 0 saturated carbocycles. The first kappa shape index (κ1) is 11.4. The van der Waals surface area contributed by atoms with Gasteiger partial charge in [-0.1, -0.05) is 30.3 Å². The zero-order chi connectivity index (χ0) is 11.6. The molecule has 1 saturated heterocycles. The summed E-state index contributed by atoms with van der Waals surface area (Å²) in [7, 11) is 0. The second-order valence-electron chi connectivity index (χ2n) is 3.74. The summed E-state index contributed by atoms with van der Waals surface area (Å²) in [5.74, 6) is 0. The van der Waals surface area contributed by atoms with Crippen LogP contribution in [0.4, 0.5) is 13.2 Å². The molecule has 1 N–H and O–H groups in total. The Balaban J connectivity index is 1.96. The second kappa shape index (κ2) is 4.43. The summed E-state index contributed by atoms with van der Waals surface area (Å²) in [5, 5.41) is 2.85. The summed E-state index contributed by atoms with van der Waals surface area (Å²) in [4.78, 5) is 0. The summed E-state index contributed by atoms with van der Waals surface area (Å²) in [6.45, 7) is -0.142. The van der Waals surface area contributed by atoms with E-state index < -0.39 is 12.3 Å². The van der Waals surface area contributed by atoms with Crippen LogP contribution in [0, 0.1) is 0 Å². The maximum atomic E-state index is 12.3. The smallest absolute Gasteiger partial charge is 0.365 e. The highest BCUT2D eigenvalue weighted by molar-refractivity contribution is 5.19. The largest absolute Gasteiger partial charge is 0.415 e. The number of morpholine rings is 1. The summed E-state index contributed by atoms with van der Waals surface area (Å²) >= 11 is 0. The van der Waals surface area contributed by atoms with Crippen molar-refractivity contribution in [1.29, 1.82) is 0 Å². The van der Waals surface area contributed by atoms with Gasteiger partial charge in [-0.2, -0.15) is 13.2 Å². The Kier molecular flexibility index (Phi) is 3.16. The predicted molar refractivity (Wildman–Crippen MR) is 53.0 cm³/mol. The molecule has 2 unspecified atom stereocenters. The zero-order valence-electron chi connectivity index (χ0n) is 8.50.